The molecule has 0 spiro atoms. The van der Waals surface area contributed by atoms with Crippen molar-refractivity contribution >= 4 is 5.97 Å². The maximum Gasteiger partial charge on any atom is 0.310 e. The van der Waals surface area contributed by atoms with E-state index in [1.807, 2.05) is 17.8 Å². The minimum Gasteiger partial charge on any atom is -0.469 e. The largest absolute Gasteiger partial charge is 0.469 e. The Kier molecular flexibility index (Phi) is 3.24. The first-order valence-electron chi connectivity index (χ1n) is 5.46. The highest BCUT2D eigenvalue weighted by atomic mass is 16.5. The van der Waals surface area contributed by atoms with E-state index >= 15 is 0 Å². The van der Waals surface area contributed by atoms with Crippen LogP contribution in [0.2, 0.25) is 0 Å². The predicted molar refractivity (Wildman–Crippen MR) is 58.6 cm³/mol. The van der Waals surface area contributed by atoms with Gasteiger partial charge in [-0.25, -0.2) is 4.98 Å². The molecule has 1 saturated heterocycles. The van der Waals surface area contributed by atoms with Crippen molar-refractivity contribution < 1.29 is 9.53 Å². The summed E-state index contributed by atoms with van der Waals surface area (Å²) < 4.78 is 6.76. The third-order valence-electron chi connectivity index (χ3n) is 3.11. The quantitative estimate of drug-likeness (QED) is 0.697. The highest BCUT2D eigenvalue weighted by molar-refractivity contribution is 5.72. The van der Waals surface area contributed by atoms with Crippen LogP contribution in [0.4, 0.5) is 0 Å². The van der Waals surface area contributed by atoms with Gasteiger partial charge in [-0.15, -0.1) is 0 Å². The second kappa shape index (κ2) is 4.65. The Hall–Kier alpha value is -1.36. The van der Waals surface area contributed by atoms with Gasteiger partial charge in [-0.05, 0) is 13.0 Å². The number of aromatic nitrogens is 2. The molecule has 1 aromatic heterocycles. The predicted octanol–water partition coefficient (Wildman–Crippen LogP) is 0.415. The van der Waals surface area contributed by atoms with Crippen LogP contribution < -0.4 is 0 Å². The first-order valence-corrected chi connectivity index (χ1v) is 5.46. The number of ether oxygens (including phenoxy) is 1. The smallest absolute Gasteiger partial charge is 0.310 e. The summed E-state index contributed by atoms with van der Waals surface area (Å²) in [5.41, 5.74) is 1.17. The number of methoxy groups -OCH3 is 1. The first kappa shape index (κ1) is 11.1. The molecule has 1 aliphatic rings. The molecule has 1 atom stereocenters. The van der Waals surface area contributed by atoms with Crippen LogP contribution in [-0.2, 0) is 23.1 Å². The maximum absolute atomic E-state index is 11.4. The number of hydrogen-bond donors (Lipinski definition) is 0. The fourth-order valence-electron chi connectivity index (χ4n) is 2.10. The Morgan fingerprint density at radius 2 is 2.50 bits per heavy atom. The number of nitrogens with zero attached hydrogens (tertiary/aromatic N) is 3. The second-order valence-corrected chi connectivity index (χ2v) is 4.24. The monoisotopic (exact) mass is 223 g/mol. The van der Waals surface area contributed by atoms with Gasteiger partial charge in [-0.2, -0.15) is 0 Å². The minimum absolute atomic E-state index is 0.0400. The molecule has 88 valence electrons. The highest BCUT2D eigenvalue weighted by Gasteiger charge is 2.29. The lowest BCUT2D eigenvalue weighted by Crippen LogP contribution is -2.24. The summed E-state index contributed by atoms with van der Waals surface area (Å²) >= 11 is 0. The van der Waals surface area contributed by atoms with Gasteiger partial charge >= 0.3 is 5.97 Å². The fourth-order valence-corrected chi connectivity index (χ4v) is 2.10. The second-order valence-electron chi connectivity index (χ2n) is 4.24. The number of imidazole rings is 1. The van der Waals surface area contributed by atoms with Crippen LogP contribution in [0.3, 0.4) is 0 Å². The van der Waals surface area contributed by atoms with Crippen LogP contribution in [-0.4, -0.2) is 40.6 Å². The van der Waals surface area contributed by atoms with Crippen molar-refractivity contribution in [3.05, 3.63) is 18.2 Å². The lowest BCUT2D eigenvalue weighted by Gasteiger charge is -2.15. The Bertz CT molecular complexity index is 375. The van der Waals surface area contributed by atoms with Gasteiger partial charge in [-0.1, -0.05) is 0 Å². The average Bonchev–Trinajstić information content (AvgIpc) is 2.89. The lowest BCUT2D eigenvalue weighted by atomic mass is 10.1. The topological polar surface area (TPSA) is 47.4 Å². The van der Waals surface area contributed by atoms with Gasteiger partial charge < -0.3 is 9.30 Å². The van der Waals surface area contributed by atoms with Crippen LogP contribution in [0.1, 0.15) is 12.1 Å². The molecule has 0 amide bonds. The van der Waals surface area contributed by atoms with Crippen LogP contribution in [0.25, 0.3) is 0 Å². The van der Waals surface area contributed by atoms with E-state index in [1.165, 1.54) is 12.8 Å². The van der Waals surface area contributed by atoms with Crippen molar-refractivity contribution in [2.75, 3.05) is 20.2 Å². The zero-order chi connectivity index (χ0) is 11.5. The summed E-state index contributed by atoms with van der Waals surface area (Å²) in [5.74, 6) is -0.0502. The van der Waals surface area contributed by atoms with Gasteiger partial charge in [0.1, 0.15) is 0 Å². The molecule has 16 heavy (non-hydrogen) atoms. The summed E-state index contributed by atoms with van der Waals surface area (Å²) in [6.07, 6.45) is 4.55. The normalized spacial score (nSPS) is 21.2. The van der Waals surface area contributed by atoms with E-state index in [0.29, 0.717) is 0 Å². The number of hydrogen-bond acceptors (Lipinski definition) is 4. The zero-order valence-corrected chi connectivity index (χ0v) is 9.72. The fraction of sp³-hybridized carbons (Fsp3) is 0.636. The van der Waals surface area contributed by atoms with Crippen molar-refractivity contribution in [3.8, 4) is 0 Å². The van der Waals surface area contributed by atoms with Crippen molar-refractivity contribution in [1.29, 1.82) is 0 Å². The van der Waals surface area contributed by atoms with Crippen molar-refractivity contribution in [1.82, 2.24) is 14.5 Å². The molecule has 0 radical (unpaired) electrons. The van der Waals surface area contributed by atoms with E-state index in [0.717, 1.165) is 26.1 Å². The average molecular weight is 223 g/mol. The Labute approximate surface area is 95.0 Å². The summed E-state index contributed by atoms with van der Waals surface area (Å²) in [6, 6.07) is 0. The molecule has 0 aromatic carbocycles. The number of esters is 1. The number of likely N-dealkylation sites (tertiary alicyclic amines) is 1. The van der Waals surface area contributed by atoms with Crippen LogP contribution in [0, 0.1) is 5.92 Å². The van der Waals surface area contributed by atoms with Gasteiger partial charge in [0.25, 0.3) is 0 Å². The molecule has 2 heterocycles. The van der Waals surface area contributed by atoms with E-state index in [2.05, 4.69) is 9.88 Å². The van der Waals surface area contributed by atoms with Crippen LogP contribution in [0.15, 0.2) is 12.5 Å². The van der Waals surface area contributed by atoms with E-state index in [1.54, 1.807) is 6.33 Å². The molecule has 2 rings (SSSR count). The molecule has 1 aromatic rings. The molecule has 0 bridgehead atoms. The number of carbonyl (C=O) groups excluding carboxylic acids is 1. The Morgan fingerprint density at radius 1 is 1.69 bits per heavy atom. The summed E-state index contributed by atoms with van der Waals surface area (Å²) in [5, 5.41) is 0. The van der Waals surface area contributed by atoms with Gasteiger partial charge in [0.2, 0.25) is 0 Å². The molecule has 5 heteroatoms. The zero-order valence-electron chi connectivity index (χ0n) is 9.72. The minimum atomic E-state index is -0.0903. The van der Waals surface area contributed by atoms with E-state index in [-0.39, 0.29) is 11.9 Å². The van der Waals surface area contributed by atoms with Gasteiger partial charge in [0, 0.05) is 26.3 Å². The molecule has 0 N–H and O–H groups in total. The third kappa shape index (κ3) is 2.24. The van der Waals surface area contributed by atoms with Gasteiger partial charge in [-0.3, -0.25) is 9.69 Å². The first-order chi connectivity index (χ1) is 7.70. The standard InChI is InChI=1S/C11H17N3O2/c1-13-8-12-5-10(13)7-14-4-3-9(6-14)11(15)16-2/h5,8-9H,3-4,6-7H2,1-2H3. The van der Waals surface area contributed by atoms with E-state index in [9.17, 15) is 4.79 Å². The SMILES string of the molecule is COC(=O)C1CCN(Cc2cncn2C)C1. The lowest BCUT2D eigenvalue weighted by molar-refractivity contribution is -0.144. The molecule has 0 saturated carbocycles. The molecule has 1 unspecified atom stereocenters. The third-order valence-corrected chi connectivity index (χ3v) is 3.11. The Balaban J connectivity index is 1.90. The van der Waals surface area contributed by atoms with Crippen molar-refractivity contribution in [2.24, 2.45) is 13.0 Å². The summed E-state index contributed by atoms with van der Waals surface area (Å²) in [4.78, 5) is 17.7. The molecular weight excluding hydrogens is 206 g/mol. The van der Waals surface area contributed by atoms with Gasteiger partial charge in [0.05, 0.1) is 25.0 Å². The van der Waals surface area contributed by atoms with Crippen LogP contribution >= 0.6 is 0 Å². The Morgan fingerprint density at radius 3 is 3.12 bits per heavy atom. The van der Waals surface area contributed by atoms with E-state index in [4.69, 9.17) is 4.74 Å². The number of rotatable bonds is 3. The summed E-state index contributed by atoms with van der Waals surface area (Å²) in [6.45, 7) is 2.59. The molecule has 1 aliphatic heterocycles. The van der Waals surface area contributed by atoms with Crippen molar-refractivity contribution in [3.63, 3.8) is 0 Å². The highest BCUT2D eigenvalue weighted by Crippen LogP contribution is 2.19. The molecule has 0 aliphatic carbocycles. The molecule has 5 nitrogen and oxygen atoms in total. The van der Waals surface area contributed by atoms with Gasteiger partial charge in [0.15, 0.2) is 0 Å². The summed E-state index contributed by atoms with van der Waals surface area (Å²) in [7, 11) is 3.43. The number of aryl methyl sites for hydroxylation is 1. The van der Waals surface area contributed by atoms with Crippen molar-refractivity contribution in [2.45, 2.75) is 13.0 Å². The van der Waals surface area contributed by atoms with E-state index < -0.39 is 0 Å². The number of carbonyl (C=O) groups is 1. The maximum atomic E-state index is 11.4. The molecular formula is C11H17N3O2. The van der Waals surface area contributed by atoms with Crippen LogP contribution in [0.5, 0.6) is 0 Å². The molecule has 1 fully saturated rings.